The van der Waals surface area contributed by atoms with E-state index in [9.17, 15) is 0 Å². The van der Waals surface area contributed by atoms with Crippen molar-refractivity contribution < 1.29 is 9.94 Å². The summed E-state index contributed by atoms with van der Waals surface area (Å²) in [5.74, 6) is 1.04. The Kier molecular flexibility index (Phi) is 6.47. The average Bonchev–Trinajstić information content (AvgIpc) is 3.31. The Balaban J connectivity index is 1.47. The minimum atomic E-state index is 0.211. The molecule has 3 N–H and O–H groups in total. The maximum absolute atomic E-state index is 8.83. The van der Waals surface area contributed by atoms with Crippen LogP contribution in [0, 0.1) is 0 Å². The lowest BCUT2D eigenvalue weighted by atomic mass is 10.0. The van der Waals surface area contributed by atoms with Gasteiger partial charge in [-0.1, -0.05) is 59.8 Å². The predicted molar refractivity (Wildman–Crippen MR) is 123 cm³/mol. The van der Waals surface area contributed by atoms with Gasteiger partial charge in [0.1, 0.15) is 11.6 Å². The second-order valence-electron chi connectivity index (χ2n) is 7.52. The molecule has 0 atom stereocenters. The summed E-state index contributed by atoms with van der Waals surface area (Å²) in [7, 11) is 0. The van der Waals surface area contributed by atoms with Crippen molar-refractivity contribution in [3.8, 4) is 5.75 Å². The molecule has 0 bridgehead atoms. The molecule has 3 aromatic carbocycles. The second kappa shape index (κ2) is 9.80. The predicted octanol–water partition coefficient (Wildman–Crippen LogP) is 4.39. The molecule has 0 aliphatic carbocycles. The zero-order chi connectivity index (χ0) is 21.5. The van der Waals surface area contributed by atoms with E-state index < -0.39 is 0 Å². The Bertz CT molecular complexity index is 1170. The highest BCUT2D eigenvalue weighted by Gasteiger charge is 2.08. The molecule has 31 heavy (non-hydrogen) atoms. The van der Waals surface area contributed by atoms with Gasteiger partial charge in [-0.25, -0.2) is 0 Å². The fourth-order valence-corrected chi connectivity index (χ4v) is 3.61. The largest absolute Gasteiger partial charge is 0.493 e. The number of aryl methyl sites for hydroxylation is 1. The van der Waals surface area contributed by atoms with Crippen LogP contribution in [0.25, 0.3) is 10.8 Å². The number of nitrogens with two attached hydrogens (primary N) is 1. The Morgan fingerprint density at radius 2 is 1.81 bits per heavy atom. The van der Waals surface area contributed by atoms with E-state index in [-0.39, 0.29) is 5.84 Å². The Morgan fingerprint density at radius 3 is 2.61 bits per heavy atom. The van der Waals surface area contributed by atoms with Crippen molar-refractivity contribution in [3.05, 3.63) is 95.8 Å². The Hall–Kier alpha value is -3.80. The van der Waals surface area contributed by atoms with Crippen molar-refractivity contribution in [1.29, 1.82) is 0 Å². The van der Waals surface area contributed by atoms with Crippen LogP contribution < -0.4 is 10.5 Å². The highest BCUT2D eigenvalue weighted by Crippen LogP contribution is 2.24. The zero-order valence-electron chi connectivity index (χ0n) is 17.3. The van der Waals surface area contributed by atoms with Gasteiger partial charge in [-0.2, -0.15) is 5.10 Å². The summed E-state index contributed by atoms with van der Waals surface area (Å²) in [6.45, 7) is 1.24. The van der Waals surface area contributed by atoms with E-state index in [4.69, 9.17) is 15.7 Å². The minimum Gasteiger partial charge on any atom is -0.493 e. The van der Waals surface area contributed by atoms with Gasteiger partial charge in [0.05, 0.1) is 13.2 Å². The van der Waals surface area contributed by atoms with Crippen LogP contribution in [0.5, 0.6) is 5.75 Å². The first-order valence-corrected chi connectivity index (χ1v) is 10.4. The van der Waals surface area contributed by atoms with Crippen LogP contribution in [0.4, 0.5) is 0 Å². The van der Waals surface area contributed by atoms with Gasteiger partial charge in [-0.15, -0.1) is 0 Å². The van der Waals surface area contributed by atoms with Gasteiger partial charge in [0, 0.05) is 25.2 Å². The molecular formula is C25H26N4O2. The molecule has 0 unspecified atom stereocenters. The lowest BCUT2D eigenvalue weighted by Gasteiger charge is -2.14. The molecule has 0 fully saturated rings. The molecule has 4 aromatic rings. The van der Waals surface area contributed by atoms with Crippen LogP contribution in [0.2, 0.25) is 0 Å². The number of amidine groups is 1. The van der Waals surface area contributed by atoms with E-state index >= 15 is 0 Å². The average molecular weight is 415 g/mol. The topological polar surface area (TPSA) is 85.7 Å². The number of benzene rings is 3. The number of hydrogen-bond acceptors (Lipinski definition) is 4. The monoisotopic (exact) mass is 414 g/mol. The highest BCUT2D eigenvalue weighted by atomic mass is 16.5. The Labute approximate surface area is 181 Å². The molecule has 0 saturated heterocycles. The molecular weight excluding hydrogens is 388 g/mol. The third kappa shape index (κ3) is 5.42. The van der Waals surface area contributed by atoms with Crippen LogP contribution in [0.3, 0.4) is 0 Å². The van der Waals surface area contributed by atoms with Crippen LogP contribution >= 0.6 is 0 Å². The lowest BCUT2D eigenvalue weighted by molar-refractivity contribution is 0.315. The third-order valence-corrected chi connectivity index (χ3v) is 5.28. The van der Waals surface area contributed by atoms with Gasteiger partial charge in [0.15, 0.2) is 0 Å². The Morgan fingerprint density at radius 1 is 0.968 bits per heavy atom. The maximum Gasteiger partial charge on any atom is 0.139 e. The van der Waals surface area contributed by atoms with Crippen LogP contribution in [0.1, 0.15) is 23.1 Å². The maximum atomic E-state index is 8.83. The van der Waals surface area contributed by atoms with Crippen molar-refractivity contribution >= 4 is 16.6 Å². The van der Waals surface area contributed by atoms with E-state index in [0.29, 0.717) is 26.0 Å². The number of hydrogen-bond donors (Lipinski definition) is 2. The number of oxime groups is 1. The van der Waals surface area contributed by atoms with Crippen molar-refractivity contribution in [2.75, 3.05) is 6.61 Å². The van der Waals surface area contributed by atoms with E-state index in [2.05, 4.69) is 70.9 Å². The molecule has 6 nitrogen and oxygen atoms in total. The van der Waals surface area contributed by atoms with Crippen LogP contribution in [-0.2, 0) is 19.4 Å². The standard InChI is InChI=1S/C25H26N4O2/c26-25(28-30)11-10-22-9-7-20(18-29-14-3-13-27-29)17-24(22)31-15-12-19-6-8-21-4-1-2-5-23(21)16-19/h1-9,13-14,16-17,30H,10-12,15,18H2,(H2,26,28). The molecule has 0 aliphatic heterocycles. The first-order chi connectivity index (χ1) is 15.2. The third-order valence-electron chi connectivity index (χ3n) is 5.28. The quantitative estimate of drug-likeness (QED) is 0.184. The number of fused-ring (bicyclic) bond motifs is 1. The summed E-state index contributed by atoms with van der Waals surface area (Å²) in [6.07, 6.45) is 5.63. The van der Waals surface area contributed by atoms with Gasteiger partial charge in [0.2, 0.25) is 0 Å². The number of ether oxygens (including phenoxy) is 1. The molecule has 0 spiro atoms. The summed E-state index contributed by atoms with van der Waals surface area (Å²) in [5.41, 5.74) is 9.05. The number of nitrogens with zero attached hydrogens (tertiary/aromatic N) is 3. The second-order valence-corrected chi connectivity index (χ2v) is 7.52. The van der Waals surface area contributed by atoms with Crippen molar-refractivity contribution in [2.45, 2.75) is 25.8 Å². The summed E-state index contributed by atoms with van der Waals surface area (Å²) >= 11 is 0. The van der Waals surface area contributed by atoms with Gasteiger partial charge >= 0.3 is 0 Å². The van der Waals surface area contributed by atoms with Crippen molar-refractivity contribution in [2.24, 2.45) is 10.9 Å². The SMILES string of the molecule is N/C(CCc1ccc(Cn2cccn2)cc1OCCc1ccc2ccccc2c1)=N\O. The normalized spacial score (nSPS) is 11.7. The molecule has 6 heteroatoms. The summed E-state index contributed by atoms with van der Waals surface area (Å²) in [4.78, 5) is 0. The van der Waals surface area contributed by atoms with Gasteiger partial charge in [-0.3, -0.25) is 4.68 Å². The van der Waals surface area contributed by atoms with Crippen LogP contribution in [-0.4, -0.2) is 27.4 Å². The highest BCUT2D eigenvalue weighted by molar-refractivity contribution is 5.83. The smallest absolute Gasteiger partial charge is 0.139 e. The van der Waals surface area contributed by atoms with E-state index in [1.54, 1.807) is 6.20 Å². The molecule has 1 aromatic heterocycles. The molecule has 158 valence electrons. The fourth-order valence-electron chi connectivity index (χ4n) is 3.61. The molecule has 0 amide bonds. The van der Waals surface area contributed by atoms with E-state index in [1.165, 1.54) is 16.3 Å². The molecule has 0 aliphatic rings. The van der Waals surface area contributed by atoms with E-state index in [1.807, 2.05) is 16.9 Å². The van der Waals surface area contributed by atoms with Crippen LogP contribution in [0.15, 0.2) is 84.3 Å². The van der Waals surface area contributed by atoms with Crippen molar-refractivity contribution in [1.82, 2.24) is 9.78 Å². The van der Waals surface area contributed by atoms with Gasteiger partial charge in [0.25, 0.3) is 0 Å². The van der Waals surface area contributed by atoms with Gasteiger partial charge < -0.3 is 15.7 Å². The first-order valence-electron chi connectivity index (χ1n) is 10.4. The lowest BCUT2D eigenvalue weighted by Crippen LogP contribution is -2.13. The zero-order valence-corrected chi connectivity index (χ0v) is 17.3. The number of aromatic nitrogens is 2. The molecule has 0 radical (unpaired) electrons. The first kappa shape index (κ1) is 20.5. The fraction of sp³-hybridized carbons (Fsp3) is 0.200. The van der Waals surface area contributed by atoms with Gasteiger partial charge in [-0.05, 0) is 46.0 Å². The molecule has 1 heterocycles. The minimum absolute atomic E-state index is 0.211. The molecule has 4 rings (SSSR count). The summed E-state index contributed by atoms with van der Waals surface area (Å²) < 4.78 is 8.09. The van der Waals surface area contributed by atoms with Crippen molar-refractivity contribution in [3.63, 3.8) is 0 Å². The van der Waals surface area contributed by atoms with E-state index in [0.717, 1.165) is 23.3 Å². The number of rotatable bonds is 9. The molecule has 0 saturated carbocycles. The summed E-state index contributed by atoms with van der Waals surface area (Å²) in [5, 5.41) is 18.7. The summed E-state index contributed by atoms with van der Waals surface area (Å²) in [6, 6.07) is 23.0.